The molecule has 1 amide bonds. The van der Waals surface area contributed by atoms with Crippen LogP contribution in [0.25, 0.3) is 0 Å². The first kappa shape index (κ1) is 20.0. The summed E-state index contributed by atoms with van der Waals surface area (Å²) in [5.74, 6) is -0.208. The first-order valence-corrected chi connectivity index (χ1v) is 8.79. The van der Waals surface area contributed by atoms with Gasteiger partial charge in [0.1, 0.15) is 10.8 Å². The van der Waals surface area contributed by atoms with Crippen LogP contribution in [0.4, 0.5) is 27.5 Å². The highest BCUT2D eigenvalue weighted by molar-refractivity contribution is 6.32. The van der Waals surface area contributed by atoms with E-state index in [0.717, 1.165) is 0 Å². The summed E-state index contributed by atoms with van der Waals surface area (Å²) in [7, 11) is 0. The summed E-state index contributed by atoms with van der Waals surface area (Å²) < 4.78 is 13.6. The molecule has 1 aromatic heterocycles. The quantitative estimate of drug-likeness (QED) is 0.301. The van der Waals surface area contributed by atoms with Crippen molar-refractivity contribution in [1.82, 2.24) is 9.97 Å². The van der Waals surface area contributed by atoms with E-state index in [1.54, 1.807) is 42.5 Å². The van der Waals surface area contributed by atoms with E-state index in [9.17, 15) is 9.18 Å². The first-order chi connectivity index (χ1) is 14.0. The Morgan fingerprint density at radius 2 is 1.97 bits per heavy atom. The minimum absolute atomic E-state index is 0.167. The molecule has 2 aromatic carbocycles. The smallest absolute Gasteiger partial charge is 0.247 e. The molecule has 0 saturated carbocycles. The Labute approximate surface area is 171 Å². The van der Waals surface area contributed by atoms with Gasteiger partial charge in [0.2, 0.25) is 11.9 Å². The van der Waals surface area contributed by atoms with Gasteiger partial charge in [0.05, 0.1) is 12.4 Å². The van der Waals surface area contributed by atoms with E-state index < -0.39 is 0 Å². The normalized spacial score (nSPS) is 10.6. The number of nitrogens with zero attached hydrogens (tertiary/aromatic N) is 3. The third-order valence-electron chi connectivity index (χ3n) is 3.60. The van der Waals surface area contributed by atoms with Crippen LogP contribution in [0.1, 0.15) is 5.56 Å². The number of aromatic nitrogens is 2. The molecule has 146 valence electrons. The van der Waals surface area contributed by atoms with Crippen molar-refractivity contribution in [2.24, 2.45) is 5.10 Å². The number of hydrogen-bond acceptors (Lipinski definition) is 6. The molecule has 29 heavy (non-hydrogen) atoms. The minimum Gasteiger partial charge on any atom is -0.339 e. The van der Waals surface area contributed by atoms with Crippen molar-refractivity contribution in [2.75, 3.05) is 16.1 Å². The number of halogens is 2. The van der Waals surface area contributed by atoms with Crippen molar-refractivity contribution in [1.29, 1.82) is 0 Å². The summed E-state index contributed by atoms with van der Waals surface area (Å²) in [5, 5.41) is 9.94. The van der Waals surface area contributed by atoms with Crippen LogP contribution < -0.4 is 16.1 Å². The molecule has 0 aliphatic carbocycles. The van der Waals surface area contributed by atoms with E-state index in [-0.39, 0.29) is 22.7 Å². The van der Waals surface area contributed by atoms with Gasteiger partial charge >= 0.3 is 0 Å². The highest BCUT2D eigenvalue weighted by Crippen LogP contribution is 2.25. The molecule has 0 unspecified atom stereocenters. The number of carbonyl (C=O) groups excluding carboxylic acids is 1. The summed E-state index contributed by atoms with van der Waals surface area (Å²) in [6.45, 7) is 3.42. The molecule has 0 aliphatic heterocycles. The Morgan fingerprint density at radius 3 is 2.76 bits per heavy atom. The first-order valence-electron chi connectivity index (χ1n) is 8.42. The van der Waals surface area contributed by atoms with Crippen molar-refractivity contribution in [2.45, 2.75) is 0 Å². The maximum Gasteiger partial charge on any atom is 0.247 e. The number of hydrazone groups is 1. The average Bonchev–Trinajstić information content (AvgIpc) is 2.72. The highest BCUT2D eigenvalue weighted by atomic mass is 35.5. The summed E-state index contributed by atoms with van der Waals surface area (Å²) in [5.41, 5.74) is 4.19. The molecule has 7 nitrogen and oxygen atoms in total. The van der Waals surface area contributed by atoms with Crippen LogP contribution >= 0.6 is 11.6 Å². The second-order valence-corrected chi connectivity index (χ2v) is 6.09. The number of anilines is 4. The van der Waals surface area contributed by atoms with Crippen LogP contribution in [0.5, 0.6) is 0 Å². The molecule has 3 rings (SSSR count). The predicted molar refractivity (Wildman–Crippen MR) is 113 cm³/mol. The number of carbonyl (C=O) groups is 1. The lowest BCUT2D eigenvalue weighted by molar-refractivity contribution is -0.111. The second kappa shape index (κ2) is 9.43. The SMILES string of the molecule is C=CC(=O)Nc1cccc(Nc2nc(N/N=C/c3ccccc3F)ncc2Cl)c1. The zero-order valence-corrected chi connectivity index (χ0v) is 15.8. The zero-order valence-electron chi connectivity index (χ0n) is 15.1. The standard InChI is InChI=1S/C20H16ClFN6O/c1-2-18(29)25-14-7-5-8-15(10-14)26-19-16(21)12-23-20(27-19)28-24-11-13-6-3-4-9-17(13)22/h2-12H,1H2,(H,25,29)(H2,23,26,27,28)/b24-11+. The third kappa shape index (κ3) is 5.60. The lowest BCUT2D eigenvalue weighted by Gasteiger charge is -2.10. The van der Waals surface area contributed by atoms with E-state index in [1.165, 1.54) is 24.6 Å². The predicted octanol–water partition coefficient (Wildman–Crippen LogP) is 4.58. The van der Waals surface area contributed by atoms with Crippen LogP contribution in [0.3, 0.4) is 0 Å². The number of rotatable bonds is 7. The Kier molecular flexibility index (Phi) is 6.49. The van der Waals surface area contributed by atoms with Gasteiger partial charge in [0, 0.05) is 16.9 Å². The molecule has 0 bridgehead atoms. The monoisotopic (exact) mass is 410 g/mol. The van der Waals surface area contributed by atoms with E-state index in [2.05, 4.69) is 37.7 Å². The van der Waals surface area contributed by atoms with Gasteiger partial charge in [-0.05, 0) is 30.3 Å². The van der Waals surface area contributed by atoms with Gasteiger partial charge in [0.25, 0.3) is 0 Å². The van der Waals surface area contributed by atoms with E-state index in [0.29, 0.717) is 22.8 Å². The number of amides is 1. The van der Waals surface area contributed by atoms with Crippen LogP contribution in [0.15, 0.2) is 72.5 Å². The van der Waals surface area contributed by atoms with Crippen molar-refractivity contribution in [3.63, 3.8) is 0 Å². The maximum atomic E-state index is 13.6. The number of nitrogens with one attached hydrogen (secondary N) is 3. The third-order valence-corrected chi connectivity index (χ3v) is 3.87. The highest BCUT2D eigenvalue weighted by Gasteiger charge is 2.07. The van der Waals surface area contributed by atoms with Gasteiger partial charge in [-0.1, -0.05) is 42.4 Å². The molecular weight excluding hydrogens is 395 g/mol. The lowest BCUT2D eigenvalue weighted by Crippen LogP contribution is -2.07. The Hall–Kier alpha value is -3.78. The van der Waals surface area contributed by atoms with Crippen molar-refractivity contribution in [3.8, 4) is 0 Å². The molecule has 0 atom stereocenters. The van der Waals surface area contributed by atoms with Gasteiger partial charge in [-0.3, -0.25) is 4.79 Å². The summed E-state index contributed by atoms with van der Waals surface area (Å²) >= 11 is 6.16. The van der Waals surface area contributed by atoms with Crippen LogP contribution in [0, 0.1) is 5.82 Å². The van der Waals surface area contributed by atoms with Gasteiger partial charge in [-0.25, -0.2) is 14.8 Å². The van der Waals surface area contributed by atoms with E-state index >= 15 is 0 Å². The van der Waals surface area contributed by atoms with Gasteiger partial charge in [-0.15, -0.1) is 0 Å². The number of hydrogen-bond donors (Lipinski definition) is 3. The van der Waals surface area contributed by atoms with E-state index in [1.807, 2.05) is 0 Å². The fourth-order valence-corrected chi connectivity index (χ4v) is 2.39. The minimum atomic E-state index is -0.388. The van der Waals surface area contributed by atoms with Gasteiger partial charge in [-0.2, -0.15) is 10.1 Å². The van der Waals surface area contributed by atoms with Gasteiger partial charge < -0.3 is 10.6 Å². The average molecular weight is 411 g/mol. The molecule has 0 radical (unpaired) electrons. The molecule has 3 aromatic rings. The Balaban J connectivity index is 1.72. The topological polar surface area (TPSA) is 91.3 Å². The largest absolute Gasteiger partial charge is 0.339 e. The molecular formula is C20H16ClFN6O. The number of benzene rings is 2. The Bertz CT molecular complexity index is 1070. The summed E-state index contributed by atoms with van der Waals surface area (Å²) in [6.07, 6.45) is 3.91. The van der Waals surface area contributed by atoms with Crippen molar-refractivity contribution >= 4 is 46.9 Å². The lowest BCUT2D eigenvalue weighted by atomic mass is 10.2. The molecule has 3 N–H and O–H groups in total. The van der Waals surface area contributed by atoms with Crippen molar-refractivity contribution < 1.29 is 9.18 Å². The fraction of sp³-hybridized carbons (Fsp3) is 0. The Morgan fingerprint density at radius 1 is 1.17 bits per heavy atom. The molecule has 1 heterocycles. The summed E-state index contributed by atoms with van der Waals surface area (Å²) in [4.78, 5) is 19.7. The fourth-order valence-electron chi connectivity index (χ4n) is 2.25. The van der Waals surface area contributed by atoms with Crippen molar-refractivity contribution in [3.05, 3.63) is 83.8 Å². The van der Waals surface area contributed by atoms with Crippen LogP contribution in [-0.2, 0) is 4.79 Å². The molecule has 0 spiro atoms. The molecule has 0 saturated heterocycles. The molecule has 0 fully saturated rings. The zero-order chi connectivity index (χ0) is 20.6. The maximum absolute atomic E-state index is 13.6. The molecule has 9 heteroatoms. The van der Waals surface area contributed by atoms with Gasteiger partial charge in [0.15, 0.2) is 5.82 Å². The van der Waals surface area contributed by atoms with E-state index in [4.69, 9.17) is 11.6 Å². The van der Waals surface area contributed by atoms with Crippen LogP contribution in [-0.4, -0.2) is 22.1 Å². The summed E-state index contributed by atoms with van der Waals surface area (Å²) in [6, 6.07) is 13.2. The molecule has 0 aliphatic rings. The van der Waals surface area contributed by atoms with Crippen LogP contribution in [0.2, 0.25) is 5.02 Å². The second-order valence-electron chi connectivity index (χ2n) is 5.68.